The van der Waals surface area contributed by atoms with Gasteiger partial charge in [-0.1, -0.05) is 62.0 Å². The summed E-state index contributed by atoms with van der Waals surface area (Å²) in [6.07, 6.45) is 2.96. The molecule has 0 fully saturated rings. The van der Waals surface area contributed by atoms with Gasteiger partial charge in [-0.05, 0) is 24.5 Å². The maximum absolute atomic E-state index is 6.22. The molecule has 2 aromatic carbocycles. The van der Waals surface area contributed by atoms with Crippen molar-refractivity contribution in [3.63, 3.8) is 0 Å². The third-order valence-corrected chi connectivity index (χ3v) is 5.27. The van der Waals surface area contributed by atoms with Crippen molar-refractivity contribution in [1.82, 2.24) is 19.9 Å². The van der Waals surface area contributed by atoms with Crippen molar-refractivity contribution < 1.29 is 0 Å². The number of nitrogens with one attached hydrogen (secondary N) is 1. The maximum atomic E-state index is 6.22. The molecule has 0 saturated heterocycles. The van der Waals surface area contributed by atoms with E-state index in [2.05, 4.69) is 46.6 Å². The molecule has 0 amide bonds. The summed E-state index contributed by atoms with van der Waals surface area (Å²) in [7, 11) is 0. The van der Waals surface area contributed by atoms with Crippen LogP contribution in [0.3, 0.4) is 0 Å². The molecule has 0 bridgehead atoms. The van der Waals surface area contributed by atoms with Gasteiger partial charge in [0.15, 0.2) is 5.82 Å². The van der Waals surface area contributed by atoms with Gasteiger partial charge in [-0.2, -0.15) is 0 Å². The molecule has 0 atom stereocenters. The molecular weight excluding hydrogens is 358 g/mol. The Labute approximate surface area is 171 Å². The Kier molecular flexibility index (Phi) is 5.47. The molecule has 29 heavy (non-hydrogen) atoms. The molecule has 5 heteroatoms. The minimum Gasteiger partial charge on any atom is -0.385 e. The number of imidazole rings is 1. The summed E-state index contributed by atoms with van der Waals surface area (Å²) in [5.74, 6) is 1.57. The van der Waals surface area contributed by atoms with Crippen molar-refractivity contribution >= 4 is 33.5 Å². The number of unbranched alkanes of at least 4 members (excludes halogenated alkanes) is 1. The van der Waals surface area contributed by atoms with E-state index >= 15 is 0 Å². The Hall–Kier alpha value is -3.34. The standard InChI is InChI=1S/C24H27N5/c1-3-21-28-22-23(19-13-7-8-14-20(19)27-24(22)25)29(21)16-10-9-15-26-17(2)18-11-5-4-6-12-18/h4-8,11-14,26H,2-3,9-10,15-16H2,1H3,(H2,25,27). The third-order valence-electron chi connectivity index (χ3n) is 5.27. The van der Waals surface area contributed by atoms with Crippen molar-refractivity contribution in [2.45, 2.75) is 32.7 Å². The Bertz CT molecular complexity index is 1140. The van der Waals surface area contributed by atoms with Gasteiger partial charge < -0.3 is 15.6 Å². The van der Waals surface area contributed by atoms with Crippen LogP contribution in [0.1, 0.15) is 31.2 Å². The van der Waals surface area contributed by atoms with E-state index in [-0.39, 0.29) is 0 Å². The summed E-state index contributed by atoms with van der Waals surface area (Å²) in [6, 6.07) is 18.4. The van der Waals surface area contributed by atoms with E-state index < -0.39 is 0 Å². The fourth-order valence-electron chi connectivity index (χ4n) is 3.79. The molecule has 0 aliphatic carbocycles. The number of benzene rings is 2. The number of aromatic nitrogens is 3. The number of para-hydroxylation sites is 1. The van der Waals surface area contributed by atoms with E-state index in [1.807, 2.05) is 36.4 Å². The van der Waals surface area contributed by atoms with Crippen LogP contribution in [0.5, 0.6) is 0 Å². The number of nitrogen functional groups attached to an aromatic ring is 1. The quantitative estimate of drug-likeness (QED) is 0.429. The van der Waals surface area contributed by atoms with Crippen molar-refractivity contribution in [2.24, 2.45) is 0 Å². The molecule has 0 aliphatic heterocycles. The predicted molar refractivity (Wildman–Crippen MR) is 122 cm³/mol. The fourth-order valence-corrected chi connectivity index (χ4v) is 3.79. The topological polar surface area (TPSA) is 68.8 Å². The minimum absolute atomic E-state index is 0.507. The van der Waals surface area contributed by atoms with Crippen LogP contribution < -0.4 is 11.1 Å². The second-order valence-electron chi connectivity index (χ2n) is 7.22. The lowest BCUT2D eigenvalue weighted by Crippen LogP contribution is -2.14. The van der Waals surface area contributed by atoms with Crippen LogP contribution in [0.25, 0.3) is 27.6 Å². The first-order chi connectivity index (χ1) is 14.2. The van der Waals surface area contributed by atoms with E-state index in [4.69, 9.17) is 10.7 Å². The lowest BCUT2D eigenvalue weighted by atomic mass is 10.1. The van der Waals surface area contributed by atoms with Gasteiger partial charge in [-0.3, -0.25) is 0 Å². The van der Waals surface area contributed by atoms with Crippen LogP contribution in [0.2, 0.25) is 0 Å². The van der Waals surface area contributed by atoms with Crippen molar-refractivity contribution in [3.05, 3.63) is 72.6 Å². The Balaban J connectivity index is 1.48. The molecule has 0 saturated carbocycles. The normalized spacial score (nSPS) is 11.2. The van der Waals surface area contributed by atoms with Crippen molar-refractivity contribution in [2.75, 3.05) is 12.3 Å². The molecule has 148 valence electrons. The molecule has 0 aliphatic rings. The number of pyridine rings is 1. The highest BCUT2D eigenvalue weighted by atomic mass is 15.1. The highest BCUT2D eigenvalue weighted by Crippen LogP contribution is 2.29. The van der Waals surface area contributed by atoms with Crippen molar-refractivity contribution in [3.8, 4) is 0 Å². The summed E-state index contributed by atoms with van der Waals surface area (Å²) < 4.78 is 2.32. The molecule has 0 spiro atoms. The van der Waals surface area contributed by atoms with Crippen LogP contribution in [0.15, 0.2) is 61.2 Å². The predicted octanol–water partition coefficient (Wildman–Crippen LogP) is 4.77. The molecule has 4 rings (SSSR count). The fraction of sp³-hybridized carbons (Fsp3) is 0.250. The van der Waals surface area contributed by atoms with Gasteiger partial charge in [-0.15, -0.1) is 0 Å². The number of hydrogen-bond donors (Lipinski definition) is 2. The number of aryl methyl sites for hydroxylation is 2. The first-order valence-electron chi connectivity index (χ1n) is 10.2. The van der Waals surface area contributed by atoms with E-state index in [1.165, 1.54) is 0 Å². The van der Waals surface area contributed by atoms with E-state index in [0.717, 1.165) is 71.4 Å². The summed E-state index contributed by atoms with van der Waals surface area (Å²) in [5, 5.41) is 4.54. The number of hydrogen-bond acceptors (Lipinski definition) is 4. The van der Waals surface area contributed by atoms with Crippen LogP contribution >= 0.6 is 0 Å². The van der Waals surface area contributed by atoms with Crippen LogP contribution in [0, 0.1) is 0 Å². The lowest BCUT2D eigenvalue weighted by Gasteiger charge is -2.12. The number of rotatable bonds is 8. The second-order valence-corrected chi connectivity index (χ2v) is 7.22. The van der Waals surface area contributed by atoms with E-state index in [1.54, 1.807) is 0 Å². The second kappa shape index (κ2) is 8.35. The first kappa shape index (κ1) is 19.0. The summed E-state index contributed by atoms with van der Waals surface area (Å²) >= 11 is 0. The first-order valence-corrected chi connectivity index (χ1v) is 10.2. The zero-order valence-electron chi connectivity index (χ0n) is 16.9. The summed E-state index contributed by atoms with van der Waals surface area (Å²) in [5.41, 5.74) is 11.2. The minimum atomic E-state index is 0.507. The van der Waals surface area contributed by atoms with Crippen LogP contribution in [-0.4, -0.2) is 21.1 Å². The molecule has 4 aromatic rings. The molecule has 2 heterocycles. The average molecular weight is 386 g/mol. The van der Waals surface area contributed by atoms with Gasteiger partial charge in [0.2, 0.25) is 0 Å². The summed E-state index contributed by atoms with van der Waals surface area (Å²) in [4.78, 5) is 9.33. The molecule has 2 aromatic heterocycles. The smallest absolute Gasteiger partial charge is 0.152 e. The SMILES string of the molecule is C=C(NCCCCn1c(CC)nc2c(N)nc3ccccc3c21)c1ccccc1. The molecule has 5 nitrogen and oxygen atoms in total. The Morgan fingerprint density at radius 2 is 1.79 bits per heavy atom. The zero-order valence-corrected chi connectivity index (χ0v) is 16.9. The van der Waals surface area contributed by atoms with Gasteiger partial charge in [0.05, 0.1) is 11.0 Å². The van der Waals surface area contributed by atoms with Gasteiger partial charge in [0, 0.05) is 30.6 Å². The highest BCUT2D eigenvalue weighted by molar-refractivity contribution is 6.06. The number of nitrogens with zero attached hydrogens (tertiary/aromatic N) is 3. The van der Waals surface area contributed by atoms with Crippen molar-refractivity contribution in [1.29, 1.82) is 0 Å². The van der Waals surface area contributed by atoms with Gasteiger partial charge in [-0.25, -0.2) is 9.97 Å². The third kappa shape index (κ3) is 3.81. The zero-order chi connectivity index (χ0) is 20.2. The number of fused-ring (bicyclic) bond motifs is 3. The van der Waals surface area contributed by atoms with Gasteiger partial charge in [0.1, 0.15) is 11.3 Å². The average Bonchev–Trinajstić information content (AvgIpc) is 3.13. The lowest BCUT2D eigenvalue weighted by molar-refractivity contribution is 0.593. The molecule has 0 radical (unpaired) electrons. The molecular formula is C24H27N5. The number of anilines is 1. The van der Waals surface area contributed by atoms with Gasteiger partial charge in [0.25, 0.3) is 0 Å². The summed E-state index contributed by atoms with van der Waals surface area (Å²) in [6.45, 7) is 8.08. The highest BCUT2D eigenvalue weighted by Gasteiger charge is 2.15. The number of nitrogens with two attached hydrogens (primary N) is 1. The van der Waals surface area contributed by atoms with E-state index in [9.17, 15) is 0 Å². The van der Waals surface area contributed by atoms with Gasteiger partial charge >= 0.3 is 0 Å². The largest absolute Gasteiger partial charge is 0.385 e. The maximum Gasteiger partial charge on any atom is 0.152 e. The Morgan fingerprint density at radius 3 is 2.59 bits per heavy atom. The van der Waals surface area contributed by atoms with Crippen LogP contribution in [-0.2, 0) is 13.0 Å². The Morgan fingerprint density at radius 1 is 1.03 bits per heavy atom. The van der Waals surface area contributed by atoms with Crippen LogP contribution in [0.4, 0.5) is 5.82 Å². The molecule has 3 N–H and O–H groups in total. The monoisotopic (exact) mass is 385 g/mol. The molecule has 0 unspecified atom stereocenters. The van der Waals surface area contributed by atoms with E-state index in [0.29, 0.717) is 5.82 Å².